The van der Waals surface area contributed by atoms with E-state index in [0.717, 1.165) is 13.1 Å². The van der Waals surface area contributed by atoms with Crippen molar-refractivity contribution in [1.82, 2.24) is 9.80 Å². The molecule has 0 aromatic heterocycles. The van der Waals surface area contributed by atoms with Crippen LogP contribution in [0.3, 0.4) is 0 Å². The molecule has 0 radical (unpaired) electrons. The Hall–Kier alpha value is -4.67. The Morgan fingerprint density at radius 1 is 0.931 bits per heavy atom. The van der Waals surface area contributed by atoms with Crippen LogP contribution in [-0.4, -0.2) is 124 Å². The van der Waals surface area contributed by atoms with Crippen molar-refractivity contribution in [2.75, 3.05) is 45.7 Å². The number of esters is 1. The molecule has 4 aliphatic heterocycles. The van der Waals surface area contributed by atoms with Gasteiger partial charge in [0.25, 0.3) is 11.7 Å². The summed E-state index contributed by atoms with van der Waals surface area (Å²) in [6, 6.07) is 0. The highest BCUT2D eigenvalue weighted by Gasteiger charge is 2.50. The summed E-state index contributed by atoms with van der Waals surface area (Å²) in [7, 11) is 3.44. The molecule has 0 spiro atoms. The number of piperazine rings is 1. The number of likely N-dealkylation sites (N-methyl/N-ethyl adjacent to an activating group) is 1. The maximum absolute atomic E-state index is 14.4. The molecule has 6 rings (SSSR count). The minimum absolute atomic E-state index is 0.0565. The third-order valence-electron chi connectivity index (χ3n) is 12.1. The molecule has 1 amide bonds. The fourth-order valence-corrected chi connectivity index (χ4v) is 8.17. The van der Waals surface area contributed by atoms with Crippen LogP contribution in [0.25, 0.3) is 10.8 Å². The first kappa shape index (κ1) is 44.4. The van der Waals surface area contributed by atoms with Crippen LogP contribution in [0.4, 0.5) is 5.69 Å². The number of fused-ring (bicyclic) bond motifs is 14. The summed E-state index contributed by atoms with van der Waals surface area (Å²) in [5.74, 6) is -7.86. The van der Waals surface area contributed by atoms with Crippen LogP contribution in [0.5, 0.6) is 23.0 Å². The largest absolute Gasteiger partial charge is 0.507 e. The zero-order valence-corrected chi connectivity index (χ0v) is 35.0. The molecule has 1 fully saturated rings. The molecule has 6 N–H and O–H groups in total. The SMILES string of the molecule is CO[C@@H]1C=CO[C@]2(C)Oc3c(C)c(O)c4c(O)c(c(CN5CCN(C)CC5)c(O)c4c3C2=O)NC(=O)/C(C)=C\C=C[C@H](C)[C@@H](O)[C@H](C)[C@H](O)[C@@H](C)[C@H](OC(C)=O)[C@@H]1C. The zero-order chi connectivity index (χ0) is 43.0. The van der Waals surface area contributed by atoms with Gasteiger partial charge in [0.15, 0.2) is 5.75 Å². The molecule has 2 aromatic rings. The van der Waals surface area contributed by atoms with E-state index in [1.54, 1.807) is 46.8 Å². The standard InChI is InChI=1S/C43H59N3O12/c1-21-12-11-13-22(2)42(54)44-33-28(20-46-17-15-45(9)16-18-46)37(51)30-31(38(33)52)36(50)26(6)40-32(30)41(53)43(8,58-40)56-19-14-29(55-10)23(3)39(57-27(7)47)25(5)35(49)24(4)34(21)48/h11-14,19,21,23-25,29,34-35,39,48-52H,15-18,20H2,1-10H3,(H,44,54)/b12-11?,19-14?,22-13-/t21-,23+,24-,25+,29+,34+,35-,39+,43+/m0/s1. The Labute approximate surface area is 339 Å². The van der Waals surface area contributed by atoms with Crippen molar-refractivity contribution in [2.45, 2.75) is 92.1 Å². The highest BCUT2D eigenvalue weighted by molar-refractivity contribution is 6.22. The Morgan fingerprint density at radius 3 is 2.21 bits per heavy atom. The number of nitrogens with one attached hydrogen (secondary N) is 1. The maximum atomic E-state index is 14.4. The third kappa shape index (κ3) is 8.55. The highest BCUT2D eigenvalue weighted by Crippen LogP contribution is 2.55. The molecule has 4 aliphatic rings. The molecule has 58 heavy (non-hydrogen) atoms. The van der Waals surface area contributed by atoms with E-state index in [-0.39, 0.29) is 51.0 Å². The van der Waals surface area contributed by atoms with Gasteiger partial charge in [-0.1, -0.05) is 45.9 Å². The number of Topliss-reactive ketones (excluding diaryl/α,β-unsaturated/α-hetero) is 1. The first-order valence-electron chi connectivity index (χ1n) is 19.7. The van der Waals surface area contributed by atoms with Crippen molar-refractivity contribution in [3.8, 4) is 23.0 Å². The molecule has 0 saturated carbocycles. The number of ether oxygens (including phenoxy) is 4. The molecule has 0 aliphatic carbocycles. The predicted octanol–water partition coefficient (Wildman–Crippen LogP) is 4.50. The van der Waals surface area contributed by atoms with E-state index in [4.69, 9.17) is 18.9 Å². The van der Waals surface area contributed by atoms with Gasteiger partial charge in [-0.15, -0.1) is 0 Å². The average molecular weight is 810 g/mol. The number of aliphatic hydroxyl groups excluding tert-OH is 2. The van der Waals surface area contributed by atoms with E-state index in [1.165, 1.54) is 46.3 Å². The van der Waals surface area contributed by atoms with Gasteiger partial charge in [0.2, 0.25) is 0 Å². The van der Waals surface area contributed by atoms with Gasteiger partial charge in [-0.05, 0) is 27.0 Å². The minimum Gasteiger partial charge on any atom is -0.507 e. The lowest BCUT2D eigenvalue weighted by atomic mass is 9.78. The number of hydrogen-bond acceptors (Lipinski definition) is 14. The van der Waals surface area contributed by atoms with Gasteiger partial charge in [-0.3, -0.25) is 19.3 Å². The Morgan fingerprint density at radius 2 is 1.59 bits per heavy atom. The number of rotatable bonds is 4. The maximum Gasteiger partial charge on any atom is 0.312 e. The number of nitrogens with zero attached hydrogens (tertiary/aromatic N) is 2. The monoisotopic (exact) mass is 809 g/mol. The minimum atomic E-state index is -2.01. The number of anilines is 1. The van der Waals surface area contributed by atoms with Crippen molar-refractivity contribution in [3.05, 3.63) is 52.8 Å². The number of phenols is 3. The number of allylic oxidation sites excluding steroid dienone is 2. The van der Waals surface area contributed by atoms with Gasteiger partial charge in [0.1, 0.15) is 23.4 Å². The number of phenolic OH excluding ortho intramolecular Hbond substituents is 3. The lowest BCUT2D eigenvalue weighted by molar-refractivity contribution is -0.160. The Balaban J connectivity index is 1.70. The fraction of sp³-hybridized carbons (Fsp3) is 0.558. The zero-order valence-electron chi connectivity index (χ0n) is 35.0. The van der Waals surface area contributed by atoms with Crippen LogP contribution >= 0.6 is 0 Å². The van der Waals surface area contributed by atoms with Crippen LogP contribution in [0.1, 0.15) is 70.0 Å². The number of hydrogen-bond donors (Lipinski definition) is 6. The molecule has 15 nitrogen and oxygen atoms in total. The second-order valence-electron chi connectivity index (χ2n) is 16.3. The van der Waals surface area contributed by atoms with Gasteiger partial charge in [-0.2, -0.15) is 0 Å². The Kier molecular flexibility index (Phi) is 13.5. The summed E-state index contributed by atoms with van der Waals surface area (Å²) < 4.78 is 23.7. The van der Waals surface area contributed by atoms with Crippen LogP contribution in [0, 0.1) is 30.6 Å². The molecular formula is C43H59N3O12. The van der Waals surface area contributed by atoms with Crippen molar-refractivity contribution in [3.63, 3.8) is 0 Å². The van der Waals surface area contributed by atoms with Gasteiger partial charge >= 0.3 is 11.8 Å². The van der Waals surface area contributed by atoms with E-state index in [0.29, 0.717) is 13.1 Å². The van der Waals surface area contributed by atoms with Gasteiger partial charge < -0.3 is 54.7 Å². The molecule has 15 heteroatoms. The smallest absolute Gasteiger partial charge is 0.312 e. The van der Waals surface area contributed by atoms with Crippen LogP contribution in [0.15, 0.2) is 36.1 Å². The molecule has 9 atom stereocenters. The molecule has 2 aromatic carbocycles. The lowest BCUT2D eigenvalue weighted by Crippen LogP contribution is -2.46. The lowest BCUT2D eigenvalue weighted by Gasteiger charge is -2.38. The molecule has 4 heterocycles. The first-order chi connectivity index (χ1) is 27.2. The first-order valence-corrected chi connectivity index (χ1v) is 19.7. The van der Waals surface area contributed by atoms with Crippen LogP contribution in [-0.2, 0) is 30.3 Å². The number of carbonyl (C=O) groups excluding carboxylic acids is 3. The normalized spacial score (nSPS) is 31.5. The summed E-state index contributed by atoms with van der Waals surface area (Å²) in [6.45, 7) is 15.4. The van der Waals surface area contributed by atoms with E-state index in [2.05, 4.69) is 10.2 Å². The summed E-state index contributed by atoms with van der Waals surface area (Å²) in [5.41, 5.74) is 0.176. The van der Waals surface area contributed by atoms with Crippen LogP contribution in [0.2, 0.25) is 0 Å². The van der Waals surface area contributed by atoms with Gasteiger partial charge in [-0.25, -0.2) is 0 Å². The predicted molar refractivity (Wildman–Crippen MR) is 217 cm³/mol. The number of carbonyl (C=O) groups is 3. The summed E-state index contributed by atoms with van der Waals surface area (Å²) in [4.78, 5) is 44.7. The van der Waals surface area contributed by atoms with Gasteiger partial charge in [0.05, 0.1) is 41.2 Å². The summed E-state index contributed by atoms with van der Waals surface area (Å²) in [5, 5.41) is 60.9. The van der Waals surface area contributed by atoms with E-state index >= 15 is 0 Å². The molecule has 1 saturated heterocycles. The van der Waals surface area contributed by atoms with E-state index < -0.39 is 88.8 Å². The number of ketones is 1. The second kappa shape index (κ2) is 17.7. The molecular weight excluding hydrogens is 750 g/mol. The highest BCUT2D eigenvalue weighted by atomic mass is 16.7. The number of aliphatic hydroxyl groups is 2. The summed E-state index contributed by atoms with van der Waals surface area (Å²) in [6.07, 6.45) is 3.73. The molecule has 318 valence electrons. The van der Waals surface area contributed by atoms with Crippen molar-refractivity contribution < 1.29 is 58.9 Å². The number of amides is 1. The van der Waals surface area contributed by atoms with E-state index in [1.807, 2.05) is 11.9 Å². The third-order valence-corrected chi connectivity index (χ3v) is 12.1. The topological polar surface area (TPSA) is 208 Å². The van der Waals surface area contributed by atoms with Crippen molar-refractivity contribution in [1.29, 1.82) is 0 Å². The fourth-order valence-electron chi connectivity index (χ4n) is 8.17. The molecule has 0 unspecified atom stereocenters. The van der Waals surface area contributed by atoms with Crippen molar-refractivity contribution >= 4 is 34.1 Å². The second-order valence-corrected chi connectivity index (χ2v) is 16.3. The average Bonchev–Trinajstić information content (AvgIpc) is 3.45. The summed E-state index contributed by atoms with van der Waals surface area (Å²) >= 11 is 0. The quantitative estimate of drug-likeness (QED) is 0.143. The van der Waals surface area contributed by atoms with Crippen LogP contribution < -0.4 is 10.1 Å². The Bertz CT molecular complexity index is 2000. The number of aromatic hydroxyl groups is 3. The number of methoxy groups -OCH3 is 1. The number of benzene rings is 2. The van der Waals surface area contributed by atoms with E-state index in [9.17, 15) is 39.9 Å². The van der Waals surface area contributed by atoms with Crippen molar-refractivity contribution in [2.24, 2.45) is 23.7 Å². The molecule has 5 bridgehead atoms. The van der Waals surface area contributed by atoms with Gasteiger partial charge in [0, 0.05) is 99.4 Å².